The summed E-state index contributed by atoms with van der Waals surface area (Å²) in [6.07, 6.45) is 1.54. The van der Waals surface area contributed by atoms with E-state index >= 15 is 0 Å². The summed E-state index contributed by atoms with van der Waals surface area (Å²) < 4.78 is 25.2. The van der Waals surface area contributed by atoms with E-state index in [-0.39, 0.29) is 10.9 Å². The molecule has 0 aliphatic carbocycles. The van der Waals surface area contributed by atoms with E-state index in [2.05, 4.69) is 5.32 Å². The molecule has 0 aliphatic rings. The van der Waals surface area contributed by atoms with Gasteiger partial charge in [0.05, 0.1) is 4.90 Å². The van der Waals surface area contributed by atoms with Crippen molar-refractivity contribution in [1.82, 2.24) is 5.32 Å². The molecule has 3 N–H and O–H groups in total. The second-order valence-electron chi connectivity index (χ2n) is 5.18. The number of sulfone groups is 1. The third-order valence-electron chi connectivity index (χ3n) is 3.80. The van der Waals surface area contributed by atoms with E-state index in [4.69, 9.17) is 5.73 Å². The maximum atomic E-state index is 12.6. The van der Waals surface area contributed by atoms with Crippen LogP contribution in [0.15, 0.2) is 23.1 Å². The average molecular weight is 312 g/mol. The molecule has 0 bridgehead atoms. The van der Waals surface area contributed by atoms with E-state index in [0.29, 0.717) is 11.3 Å². The van der Waals surface area contributed by atoms with E-state index in [9.17, 15) is 13.2 Å². The second-order valence-corrected chi connectivity index (χ2v) is 7.42. The van der Waals surface area contributed by atoms with Gasteiger partial charge in [-0.2, -0.15) is 0 Å². The molecule has 1 atom stereocenters. The number of nitrogens with two attached hydrogens (primary N) is 1. The Labute approximate surface area is 126 Å². The van der Waals surface area contributed by atoms with Crippen molar-refractivity contribution in [2.45, 2.75) is 56.7 Å². The fourth-order valence-corrected chi connectivity index (χ4v) is 3.63. The number of carbonyl (C=O) groups excluding carboxylic acids is 1. The number of amides is 1. The molecule has 1 unspecified atom stereocenters. The molecule has 5 nitrogen and oxygen atoms in total. The molecule has 0 saturated carbocycles. The molecule has 0 fully saturated rings. The summed E-state index contributed by atoms with van der Waals surface area (Å²) in [6, 6.07) is 4.71. The van der Waals surface area contributed by atoms with Crippen LogP contribution in [0.5, 0.6) is 0 Å². The first-order valence-electron chi connectivity index (χ1n) is 7.15. The molecule has 1 aromatic rings. The van der Waals surface area contributed by atoms with Gasteiger partial charge in [0.2, 0.25) is 5.91 Å². The van der Waals surface area contributed by atoms with Crippen LogP contribution in [0.25, 0.3) is 0 Å². The Kier molecular flexibility index (Phi) is 5.78. The van der Waals surface area contributed by atoms with Crippen LogP contribution in [0, 0.1) is 6.92 Å². The highest BCUT2D eigenvalue weighted by Gasteiger charge is 2.31. The first kappa shape index (κ1) is 17.5. The lowest BCUT2D eigenvalue weighted by Gasteiger charge is -2.19. The number of anilines is 1. The largest absolute Gasteiger partial charge is 0.398 e. The van der Waals surface area contributed by atoms with Gasteiger partial charge in [-0.05, 0) is 44.4 Å². The highest BCUT2D eigenvalue weighted by Crippen LogP contribution is 2.24. The van der Waals surface area contributed by atoms with Crippen molar-refractivity contribution in [3.63, 3.8) is 0 Å². The molecule has 1 amide bonds. The summed E-state index contributed by atoms with van der Waals surface area (Å²) >= 11 is 0. The molecule has 0 radical (unpaired) electrons. The minimum absolute atomic E-state index is 0.00269. The van der Waals surface area contributed by atoms with Crippen molar-refractivity contribution in [3.05, 3.63) is 23.8 Å². The highest BCUT2D eigenvalue weighted by atomic mass is 32.2. The van der Waals surface area contributed by atoms with E-state index in [1.165, 1.54) is 13.0 Å². The summed E-state index contributed by atoms with van der Waals surface area (Å²) in [7, 11) is -3.75. The lowest BCUT2D eigenvalue weighted by atomic mass is 10.2. The maximum absolute atomic E-state index is 12.6. The third-order valence-corrected chi connectivity index (χ3v) is 6.00. The minimum atomic E-state index is -3.75. The Morgan fingerprint density at radius 3 is 2.38 bits per heavy atom. The maximum Gasteiger partial charge on any atom is 0.238 e. The van der Waals surface area contributed by atoms with Crippen molar-refractivity contribution in [2.75, 3.05) is 5.73 Å². The highest BCUT2D eigenvalue weighted by molar-refractivity contribution is 7.92. The minimum Gasteiger partial charge on any atom is -0.398 e. The zero-order chi connectivity index (χ0) is 16.2. The molecule has 0 aliphatic heterocycles. The number of nitrogen functional groups attached to an aromatic ring is 1. The fourth-order valence-electron chi connectivity index (χ4n) is 2.08. The summed E-state index contributed by atoms with van der Waals surface area (Å²) in [6.45, 7) is 6.97. The first-order valence-corrected chi connectivity index (χ1v) is 8.69. The van der Waals surface area contributed by atoms with Crippen LogP contribution in [0.4, 0.5) is 5.69 Å². The number of hydrogen-bond acceptors (Lipinski definition) is 4. The van der Waals surface area contributed by atoms with Crippen molar-refractivity contribution < 1.29 is 13.2 Å². The Hall–Kier alpha value is -1.56. The number of rotatable bonds is 6. The van der Waals surface area contributed by atoms with Crippen LogP contribution < -0.4 is 11.1 Å². The Morgan fingerprint density at radius 2 is 1.86 bits per heavy atom. The van der Waals surface area contributed by atoms with Crippen LogP contribution in [0.1, 0.15) is 39.2 Å². The van der Waals surface area contributed by atoms with E-state index in [1.54, 1.807) is 19.1 Å². The molecule has 1 aromatic carbocycles. The van der Waals surface area contributed by atoms with Crippen LogP contribution in [0.2, 0.25) is 0 Å². The lowest BCUT2D eigenvalue weighted by Crippen LogP contribution is -2.43. The molecular formula is C15H24N2O3S. The van der Waals surface area contributed by atoms with Crippen LogP contribution >= 0.6 is 0 Å². The molecule has 21 heavy (non-hydrogen) atoms. The van der Waals surface area contributed by atoms with Gasteiger partial charge in [0, 0.05) is 11.7 Å². The summed E-state index contributed by atoms with van der Waals surface area (Å²) in [5.74, 6) is -0.467. The number of carbonyl (C=O) groups is 1. The fraction of sp³-hybridized carbons (Fsp3) is 0.533. The number of benzene rings is 1. The monoisotopic (exact) mass is 312 g/mol. The van der Waals surface area contributed by atoms with Crippen LogP contribution in [-0.2, 0) is 14.6 Å². The Morgan fingerprint density at radius 1 is 1.29 bits per heavy atom. The van der Waals surface area contributed by atoms with Crippen LogP contribution in [-0.4, -0.2) is 25.6 Å². The van der Waals surface area contributed by atoms with Gasteiger partial charge in [-0.1, -0.05) is 19.9 Å². The topological polar surface area (TPSA) is 89.3 Å². The Bertz CT molecular complexity index is 607. The normalized spacial score (nSPS) is 13.2. The third kappa shape index (κ3) is 3.75. The van der Waals surface area contributed by atoms with Gasteiger partial charge < -0.3 is 11.1 Å². The predicted molar refractivity (Wildman–Crippen MR) is 84.8 cm³/mol. The molecule has 6 heteroatoms. The van der Waals surface area contributed by atoms with E-state index in [1.807, 2.05) is 13.8 Å². The number of hydrogen-bond donors (Lipinski definition) is 2. The van der Waals surface area contributed by atoms with Crippen molar-refractivity contribution >= 4 is 21.4 Å². The van der Waals surface area contributed by atoms with E-state index < -0.39 is 21.0 Å². The average Bonchev–Trinajstić information content (AvgIpc) is 2.46. The Balaban J connectivity index is 3.07. The molecule has 118 valence electrons. The first-order chi connectivity index (χ1) is 9.75. The molecular weight excluding hydrogens is 288 g/mol. The van der Waals surface area contributed by atoms with Crippen LogP contribution in [0.3, 0.4) is 0 Å². The van der Waals surface area contributed by atoms with Crippen molar-refractivity contribution in [2.24, 2.45) is 0 Å². The van der Waals surface area contributed by atoms with Crippen molar-refractivity contribution in [1.29, 1.82) is 0 Å². The smallest absolute Gasteiger partial charge is 0.238 e. The lowest BCUT2D eigenvalue weighted by molar-refractivity contribution is -0.121. The van der Waals surface area contributed by atoms with Gasteiger partial charge in [-0.15, -0.1) is 0 Å². The van der Waals surface area contributed by atoms with Gasteiger partial charge in [-0.25, -0.2) is 8.42 Å². The summed E-state index contributed by atoms with van der Waals surface area (Å²) in [5, 5.41) is 1.64. The van der Waals surface area contributed by atoms with Gasteiger partial charge >= 0.3 is 0 Å². The molecule has 0 spiro atoms. The second kappa shape index (κ2) is 6.93. The zero-order valence-electron chi connectivity index (χ0n) is 13.0. The summed E-state index contributed by atoms with van der Waals surface area (Å²) in [5.41, 5.74) is 6.64. The molecule has 1 rings (SSSR count). The van der Waals surface area contributed by atoms with Gasteiger partial charge in [-0.3, -0.25) is 4.79 Å². The summed E-state index contributed by atoms with van der Waals surface area (Å²) in [4.78, 5) is 12.3. The quantitative estimate of drug-likeness (QED) is 0.787. The molecule has 0 heterocycles. The SMILES string of the molecule is CCC(CC)NC(=O)C(C)S(=O)(=O)c1cccc(N)c1C. The van der Waals surface area contributed by atoms with Gasteiger partial charge in [0.1, 0.15) is 5.25 Å². The molecule has 0 aromatic heterocycles. The molecule has 0 saturated heterocycles. The standard InChI is InChI=1S/C15H24N2O3S/c1-5-12(6-2)17-15(18)11(4)21(19,20)14-9-7-8-13(16)10(14)3/h7-9,11-12H,5-6,16H2,1-4H3,(H,17,18). The van der Waals surface area contributed by atoms with Crippen molar-refractivity contribution in [3.8, 4) is 0 Å². The number of nitrogens with one attached hydrogen (secondary N) is 1. The zero-order valence-corrected chi connectivity index (χ0v) is 13.8. The van der Waals surface area contributed by atoms with Gasteiger partial charge in [0.15, 0.2) is 9.84 Å². The van der Waals surface area contributed by atoms with Gasteiger partial charge in [0.25, 0.3) is 0 Å². The van der Waals surface area contributed by atoms with E-state index in [0.717, 1.165) is 12.8 Å². The predicted octanol–water partition coefficient (Wildman–Crippen LogP) is 2.04.